The second-order valence-corrected chi connectivity index (χ2v) is 6.63. The van der Waals surface area contributed by atoms with Crippen LogP contribution >= 0.6 is 0 Å². The Balaban J connectivity index is 2.73. The fraction of sp³-hybridized carbons (Fsp3) is 1.00. The van der Waals surface area contributed by atoms with Crippen molar-refractivity contribution in [1.29, 1.82) is 0 Å². The standard InChI is InChI=1S/C16H34N2O/c1-7-16(8-2)12-18(11-14(5)19-6)15(10-17-16)9-13(3)4/h13-15,17H,7-12H2,1-6H3. The molecule has 19 heavy (non-hydrogen) atoms. The zero-order chi connectivity index (χ0) is 14.5. The van der Waals surface area contributed by atoms with Crippen molar-refractivity contribution < 1.29 is 4.74 Å². The number of hydrogen-bond acceptors (Lipinski definition) is 3. The summed E-state index contributed by atoms with van der Waals surface area (Å²) in [6, 6.07) is 0.656. The molecule has 0 saturated carbocycles. The molecule has 0 aromatic heterocycles. The van der Waals surface area contributed by atoms with Crippen LogP contribution in [0.5, 0.6) is 0 Å². The summed E-state index contributed by atoms with van der Waals surface area (Å²) in [5, 5.41) is 3.83. The Morgan fingerprint density at radius 2 is 1.89 bits per heavy atom. The zero-order valence-corrected chi connectivity index (χ0v) is 13.8. The topological polar surface area (TPSA) is 24.5 Å². The molecule has 1 fully saturated rings. The van der Waals surface area contributed by atoms with Crippen molar-refractivity contribution in [3.63, 3.8) is 0 Å². The summed E-state index contributed by atoms with van der Waals surface area (Å²) in [7, 11) is 1.82. The Bertz CT molecular complexity index is 251. The fourth-order valence-electron chi connectivity index (χ4n) is 3.16. The van der Waals surface area contributed by atoms with Crippen molar-refractivity contribution in [2.75, 3.05) is 26.7 Å². The largest absolute Gasteiger partial charge is 0.380 e. The lowest BCUT2D eigenvalue weighted by Gasteiger charge is -2.48. The van der Waals surface area contributed by atoms with Gasteiger partial charge in [0, 0.05) is 38.3 Å². The van der Waals surface area contributed by atoms with Crippen LogP contribution < -0.4 is 5.32 Å². The highest BCUT2D eigenvalue weighted by atomic mass is 16.5. The van der Waals surface area contributed by atoms with E-state index in [4.69, 9.17) is 4.74 Å². The monoisotopic (exact) mass is 270 g/mol. The molecular formula is C16H34N2O. The first-order valence-electron chi connectivity index (χ1n) is 7.98. The van der Waals surface area contributed by atoms with E-state index in [0.29, 0.717) is 17.7 Å². The van der Waals surface area contributed by atoms with Gasteiger partial charge in [0.15, 0.2) is 0 Å². The molecule has 2 atom stereocenters. The van der Waals surface area contributed by atoms with Gasteiger partial charge >= 0.3 is 0 Å². The number of rotatable bonds is 7. The molecule has 0 amide bonds. The van der Waals surface area contributed by atoms with Crippen LogP contribution in [-0.2, 0) is 4.74 Å². The molecule has 0 aromatic carbocycles. The van der Waals surface area contributed by atoms with Crippen LogP contribution in [0.15, 0.2) is 0 Å². The molecule has 1 saturated heterocycles. The lowest BCUT2D eigenvalue weighted by molar-refractivity contribution is 0.0122. The summed E-state index contributed by atoms with van der Waals surface area (Å²) in [5.41, 5.74) is 0.306. The molecule has 0 aromatic rings. The Labute approximate surface area is 120 Å². The van der Waals surface area contributed by atoms with Gasteiger partial charge < -0.3 is 10.1 Å². The van der Waals surface area contributed by atoms with Gasteiger partial charge in [0.25, 0.3) is 0 Å². The van der Waals surface area contributed by atoms with Crippen LogP contribution in [0, 0.1) is 5.92 Å². The highest BCUT2D eigenvalue weighted by Crippen LogP contribution is 2.25. The number of nitrogens with one attached hydrogen (secondary N) is 1. The van der Waals surface area contributed by atoms with Gasteiger partial charge in [0.1, 0.15) is 0 Å². The second-order valence-electron chi connectivity index (χ2n) is 6.63. The van der Waals surface area contributed by atoms with Crippen molar-refractivity contribution in [2.24, 2.45) is 5.92 Å². The zero-order valence-electron chi connectivity index (χ0n) is 13.8. The average molecular weight is 270 g/mol. The SMILES string of the molecule is CCC1(CC)CN(CC(C)OC)C(CC(C)C)CN1. The number of ether oxygens (including phenoxy) is 1. The van der Waals surface area contributed by atoms with E-state index in [9.17, 15) is 0 Å². The van der Waals surface area contributed by atoms with Gasteiger partial charge in [-0.25, -0.2) is 0 Å². The summed E-state index contributed by atoms with van der Waals surface area (Å²) >= 11 is 0. The van der Waals surface area contributed by atoms with Gasteiger partial charge in [-0.3, -0.25) is 4.90 Å². The van der Waals surface area contributed by atoms with Gasteiger partial charge in [-0.1, -0.05) is 27.7 Å². The summed E-state index contributed by atoms with van der Waals surface area (Å²) in [4.78, 5) is 2.66. The molecule has 1 aliphatic heterocycles. The number of hydrogen-bond donors (Lipinski definition) is 1. The van der Waals surface area contributed by atoms with E-state index in [2.05, 4.69) is 44.8 Å². The first-order valence-corrected chi connectivity index (χ1v) is 7.98. The second kappa shape index (κ2) is 7.61. The van der Waals surface area contributed by atoms with Gasteiger partial charge in [-0.15, -0.1) is 0 Å². The number of methoxy groups -OCH3 is 1. The predicted octanol–water partition coefficient (Wildman–Crippen LogP) is 2.90. The third-order valence-corrected chi connectivity index (χ3v) is 4.73. The van der Waals surface area contributed by atoms with Crippen molar-refractivity contribution in [3.8, 4) is 0 Å². The van der Waals surface area contributed by atoms with Gasteiger partial charge in [-0.05, 0) is 32.1 Å². The van der Waals surface area contributed by atoms with E-state index < -0.39 is 0 Å². The number of piperazine rings is 1. The molecule has 0 aliphatic carbocycles. The Morgan fingerprint density at radius 3 is 2.37 bits per heavy atom. The average Bonchev–Trinajstić information content (AvgIpc) is 2.40. The molecule has 0 radical (unpaired) electrons. The minimum absolute atomic E-state index is 0.306. The van der Waals surface area contributed by atoms with E-state index in [-0.39, 0.29) is 0 Å². The molecular weight excluding hydrogens is 236 g/mol. The minimum Gasteiger partial charge on any atom is -0.380 e. The van der Waals surface area contributed by atoms with Crippen LogP contribution in [0.4, 0.5) is 0 Å². The minimum atomic E-state index is 0.306. The van der Waals surface area contributed by atoms with Gasteiger partial charge in [0.2, 0.25) is 0 Å². The molecule has 114 valence electrons. The molecule has 1 heterocycles. The van der Waals surface area contributed by atoms with Crippen LogP contribution in [0.2, 0.25) is 0 Å². The molecule has 2 unspecified atom stereocenters. The van der Waals surface area contributed by atoms with Crippen molar-refractivity contribution in [1.82, 2.24) is 10.2 Å². The smallest absolute Gasteiger partial charge is 0.0670 e. The van der Waals surface area contributed by atoms with Crippen molar-refractivity contribution in [3.05, 3.63) is 0 Å². The fourth-order valence-corrected chi connectivity index (χ4v) is 3.16. The molecule has 0 spiro atoms. The molecule has 1 aliphatic rings. The number of nitrogens with zero attached hydrogens (tertiary/aromatic N) is 1. The summed E-state index contributed by atoms with van der Waals surface area (Å²) < 4.78 is 5.48. The van der Waals surface area contributed by atoms with Gasteiger partial charge in [0.05, 0.1) is 6.10 Å². The molecule has 0 bridgehead atoms. The lowest BCUT2D eigenvalue weighted by Crippen LogP contribution is -2.64. The molecule has 3 nitrogen and oxygen atoms in total. The van der Waals surface area contributed by atoms with E-state index >= 15 is 0 Å². The quantitative estimate of drug-likeness (QED) is 0.770. The van der Waals surface area contributed by atoms with Crippen LogP contribution in [0.25, 0.3) is 0 Å². The van der Waals surface area contributed by atoms with E-state index in [1.165, 1.54) is 19.3 Å². The van der Waals surface area contributed by atoms with Crippen LogP contribution in [-0.4, -0.2) is 49.3 Å². The Kier molecular flexibility index (Phi) is 6.78. The highest BCUT2D eigenvalue weighted by Gasteiger charge is 2.37. The third-order valence-electron chi connectivity index (χ3n) is 4.73. The van der Waals surface area contributed by atoms with E-state index in [0.717, 1.165) is 25.6 Å². The van der Waals surface area contributed by atoms with E-state index in [1.54, 1.807) is 0 Å². The lowest BCUT2D eigenvalue weighted by atomic mass is 9.86. The van der Waals surface area contributed by atoms with Crippen molar-refractivity contribution in [2.45, 2.75) is 71.6 Å². The maximum absolute atomic E-state index is 5.48. The Hall–Kier alpha value is -0.120. The highest BCUT2D eigenvalue weighted by molar-refractivity contribution is 4.97. The normalized spacial score (nSPS) is 25.7. The maximum atomic E-state index is 5.48. The first kappa shape index (κ1) is 16.9. The Morgan fingerprint density at radius 1 is 1.26 bits per heavy atom. The predicted molar refractivity (Wildman–Crippen MR) is 82.6 cm³/mol. The molecule has 1 N–H and O–H groups in total. The van der Waals surface area contributed by atoms with Crippen LogP contribution in [0.3, 0.4) is 0 Å². The molecule has 3 heteroatoms. The summed E-state index contributed by atoms with van der Waals surface area (Å²) in [6.07, 6.45) is 4.00. The van der Waals surface area contributed by atoms with Crippen LogP contribution in [0.1, 0.15) is 53.9 Å². The summed E-state index contributed by atoms with van der Waals surface area (Å²) in [6.45, 7) is 14.7. The van der Waals surface area contributed by atoms with Gasteiger partial charge in [-0.2, -0.15) is 0 Å². The summed E-state index contributed by atoms with van der Waals surface area (Å²) in [5.74, 6) is 0.753. The van der Waals surface area contributed by atoms with E-state index in [1.807, 2.05) is 7.11 Å². The third kappa shape index (κ3) is 4.73. The first-order chi connectivity index (χ1) is 8.96. The maximum Gasteiger partial charge on any atom is 0.0670 e. The van der Waals surface area contributed by atoms with Crippen molar-refractivity contribution >= 4 is 0 Å². The molecule has 1 rings (SSSR count).